The molecule has 0 radical (unpaired) electrons. The fraction of sp³-hybridized carbons (Fsp3) is 0.143. The molecular weight excluding hydrogens is 374 g/mol. The van der Waals surface area contributed by atoms with E-state index < -0.39 is 18.0 Å². The molecule has 29 heavy (non-hydrogen) atoms. The summed E-state index contributed by atoms with van der Waals surface area (Å²) in [4.78, 5) is 32.9. The lowest BCUT2D eigenvalue weighted by atomic mass is 10.2. The first-order chi connectivity index (χ1) is 14.1. The zero-order valence-corrected chi connectivity index (χ0v) is 15.5. The zero-order chi connectivity index (χ0) is 20.2. The predicted octanol–water partition coefficient (Wildman–Crippen LogP) is 2.94. The van der Waals surface area contributed by atoms with Crippen LogP contribution in [0.15, 0.2) is 54.7 Å². The number of fused-ring (bicyclic) bond motifs is 2. The number of amides is 1. The summed E-state index contributed by atoms with van der Waals surface area (Å²) in [6, 6.07) is 12.4. The highest BCUT2D eigenvalue weighted by Gasteiger charge is 2.19. The Kier molecular flexibility index (Phi) is 5.07. The summed E-state index contributed by atoms with van der Waals surface area (Å²) >= 11 is 0. The number of rotatable bonds is 5. The first-order valence-corrected chi connectivity index (χ1v) is 8.89. The SMILES string of the molecule is CC(OC(=O)/C=C/c1cnc2ccccc2n1)C(=O)Nc1ccc2c(c1)OCO2. The van der Waals surface area contributed by atoms with E-state index in [1.807, 2.05) is 24.3 Å². The Balaban J connectivity index is 1.34. The van der Waals surface area contributed by atoms with Crippen molar-refractivity contribution in [2.24, 2.45) is 0 Å². The fourth-order valence-electron chi connectivity index (χ4n) is 2.69. The molecule has 8 nitrogen and oxygen atoms in total. The third-order valence-electron chi connectivity index (χ3n) is 4.16. The van der Waals surface area contributed by atoms with Crippen molar-refractivity contribution in [3.63, 3.8) is 0 Å². The van der Waals surface area contributed by atoms with Crippen molar-refractivity contribution in [2.75, 3.05) is 12.1 Å². The van der Waals surface area contributed by atoms with Gasteiger partial charge in [-0.1, -0.05) is 12.1 Å². The molecule has 1 unspecified atom stereocenters. The molecule has 0 saturated carbocycles. The molecule has 0 saturated heterocycles. The first-order valence-electron chi connectivity index (χ1n) is 8.89. The first kappa shape index (κ1) is 18.4. The van der Waals surface area contributed by atoms with Gasteiger partial charge in [0, 0.05) is 17.8 Å². The molecule has 3 aromatic rings. The fourth-order valence-corrected chi connectivity index (χ4v) is 2.69. The molecule has 146 valence electrons. The number of carbonyl (C=O) groups excluding carboxylic acids is 2. The highest BCUT2D eigenvalue weighted by molar-refractivity contribution is 5.96. The number of nitrogens with zero attached hydrogens (tertiary/aromatic N) is 2. The Hall–Kier alpha value is -3.94. The van der Waals surface area contributed by atoms with Crippen molar-refractivity contribution in [3.05, 3.63) is 60.4 Å². The van der Waals surface area contributed by atoms with E-state index in [4.69, 9.17) is 14.2 Å². The minimum atomic E-state index is -0.986. The van der Waals surface area contributed by atoms with Crippen LogP contribution >= 0.6 is 0 Å². The number of benzene rings is 2. The van der Waals surface area contributed by atoms with E-state index >= 15 is 0 Å². The van der Waals surface area contributed by atoms with Crippen molar-refractivity contribution in [2.45, 2.75) is 13.0 Å². The second-order valence-corrected chi connectivity index (χ2v) is 6.25. The van der Waals surface area contributed by atoms with Gasteiger partial charge in [0.2, 0.25) is 6.79 Å². The second kappa shape index (κ2) is 7.97. The number of hydrogen-bond acceptors (Lipinski definition) is 7. The molecular formula is C21H17N3O5. The summed E-state index contributed by atoms with van der Waals surface area (Å²) in [5.41, 5.74) is 2.52. The number of ether oxygens (including phenoxy) is 3. The molecule has 1 atom stereocenters. The van der Waals surface area contributed by atoms with Crippen LogP contribution in [0.25, 0.3) is 17.1 Å². The standard InChI is InChI=1S/C21H17N3O5/c1-13(21(26)24-14-6-8-18-19(10-14)28-12-27-18)29-20(25)9-7-15-11-22-16-4-2-3-5-17(16)23-15/h2-11,13H,12H2,1H3,(H,24,26)/b9-7+. The highest BCUT2D eigenvalue weighted by atomic mass is 16.7. The topological polar surface area (TPSA) is 99.6 Å². The predicted molar refractivity (Wildman–Crippen MR) is 105 cm³/mol. The molecule has 0 spiro atoms. The molecule has 4 rings (SSSR count). The summed E-state index contributed by atoms with van der Waals surface area (Å²) < 4.78 is 15.6. The third-order valence-corrected chi connectivity index (χ3v) is 4.16. The van der Waals surface area contributed by atoms with Crippen LogP contribution in [-0.4, -0.2) is 34.7 Å². The highest BCUT2D eigenvalue weighted by Crippen LogP contribution is 2.34. The lowest BCUT2D eigenvalue weighted by Crippen LogP contribution is -2.29. The second-order valence-electron chi connectivity index (χ2n) is 6.25. The smallest absolute Gasteiger partial charge is 0.331 e. The van der Waals surface area contributed by atoms with Crippen molar-refractivity contribution in [1.82, 2.24) is 9.97 Å². The molecule has 1 aromatic heterocycles. The summed E-state index contributed by atoms with van der Waals surface area (Å²) in [6.07, 6.45) is 3.27. The van der Waals surface area contributed by atoms with Gasteiger partial charge in [-0.3, -0.25) is 9.78 Å². The van der Waals surface area contributed by atoms with Gasteiger partial charge in [-0.25, -0.2) is 9.78 Å². The Morgan fingerprint density at radius 1 is 1.14 bits per heavy atom. The van der Waals surface area contributed by atoms with Crippen molar-refractivity contribution >= 4 is 34.7 Å². The van der Waals surface area contributed by atoms with Gasteiger partial charge in [-0.05, 0) is 37.3 Å². The maximum absolute atomic E-state index is 12.3. The lowest BCUT2D eigenvalue weighted by molar-refractivity contribution is -0.148. The largest absolute Gasteiger partial charge is 0.454 e. The molecule has 8 heteroatoms. The molecule has 1 N–H and O–H groups in total. The quantitative estimate of drug-likeness (QED) is 0.527. The van der Waals surface area contributed by atoms with Crippen LogP contribution in [0, 0.1) is 0 Å². The summed E-state index contributed by atoms with van der Waals surface area (Å²) in [7, 11) is 0. The molecule has 2 heterocycles. The maximum atomic E-state index is 12.3. The van der Waals surface area contributed by atoms with Crippen molar-refractivity contribution in [3.8, 4) is 11.5 Å². The zero-order valence-electron chi connectivity index (χ0n) is 15.5. The van der Waals surface area contributed by atoms with E-state index in [1.165, 1.54) is 19.1 Å². The van der Waals surface area contributed by atoms with E-state index in [2.05, 4.69) is 15.3 Å². The normalized spacial score (nSPS) is 13.4. The average molecular weight is 391 g/mol. The van der Waals surface area contributed by atoms with Gasteiger partial charge in [0.05, 0.1) is 22.9 Å². The van der Waals surface area contributed by atoms with Crippen LogP contribution in [0.5, 0.6) is 11.5 Å². The Bertz CT molecular complexity index is 1110. The van der Waals surface area contributed by atoms with Gasteiger partial charge in [0.15, 0.2) is 17.6 Å². The van der Waals surface area contributed by atoms with E-state index in [9.17, 15) is 9.59 Å². The van der Waals surface area contributed by atoms with Crippen LogP contribution < -0.4 is 14.8 Å². The van der Waals surface area contributed by atoms with E-state index in [0.29, 0.717) is 22.9 Å². The van der Waals surface area contributed by atoms with Crippen molar-refractivity contribution in [1.29, 1.82) is 0 Å². The van der Waals surface area contributed by atoms with Gasteiger partial charge in [0.1, 0.15) is 0 Å². The molecule has 1 aliphatic rings. The Morgan fingerprint density at radius 2 is 1.93 bits per heavy atom. The molecule has 0 bridgehead atoms. The molecule has 1 aliphatic heterocycles. The molecule has 1 amide bonds. The number of esters is 1. The molecule has 0 aliphatic carbocycles. The van der Waals surface area contributed by atoms with Gasteiger partial charge >= 0.3 is 5.97 Å². The van der Waals surface area contributed by atoms with E-state index in [0.717, 1.165) is 11.0 Å². The Labute approximate surface area is 166 Å². The van der Waals surface area contributed by atoms with E-state index in [1.54, 1.807) is 24.4 Å². The van der Waals surface area contributed by atoms with Crippen LogP contribution in [0.4, 0.5) is 5.69 Å². The van der Waals surface area contributed by atoms with Gasteiger partial charge in [-0.2, -0.15) is 0 Å². The number of anilines is 1. The number of nitrogens with one attached hydrogen (secondary N) is 1. The Morgan fingerprint density at radius 3 is 2.79 bits per heavy atom. The van der Waals surface area contributed by atoms with Gasteiger partial charge < -0.3 is 19.5 Å². The van der Waals surface area contributed by atoms with Crippen LogP contribution in [0.2, 0.25) is 0 Å². The molecule has 0 fully saturated rings. The minimum absolute atomic E-state index is 0.147. The van der Waals surface area contributed by atoms with Crippen LogP contribution in [0.1, 0.15) is 12.6 Å². The van der Waals surface area contributed by atoms with Crippen LogP contribution in [0.3, 0.4) is 0 Å². The summed E-state index contributed by atoms with van der Waals surface area (Å²) in [5.74, 6) is 0.0423. The minimum Gasteiger partial charge on any atom is -0.454 e. The van der Waals surface area contributed by atoms with Crippen molar-refractivity contribution < 1.29 is 23.8 Å². The number of carbonyl (C=O) groups is 2. The third kappa shape index (κ3) is 4.32. The molecule has 2 aromatic carbocycles. The van der Waals surface area contributed by atoms with Crippen LogP contribution in [-0.2, 0) is 14.3 Å². The van der Waals surface area contributed by atoms with Gasteiger partial charge in [0.25, 0.3) is 5.91 Å². The lowest BCUT2D eigenvalue weighted by Gasteiger charge is -2.12. The summed E-state index contributed by atoms with van der Waals surface area (Å²) in [6.45, 7) is 1.64. The monoisotopic (exact) mass is 391 g/mol. The summed E-state index contributed by atoms with van der Waals surface area (Å²) in [5, 5.41) is 2.67. The van der Waals surface area contributed by atoms with Gasteiger partial charge in [-0.15, -0.1) is 0 Å². The number of hydrogen-bond donors (Lipinski definition) is 1. The maximum Gasteiger partial charge on any atom is 0.331 e. The average Bonchev–Trinajstić information content (AvgIpc) is 3.20. The number of aromatic nitrogens is 2. The number of para-hydroxylation sites is 2. The van der Waals surface area contributed by atoms with E-state index in [-0.39, 0.29) is 6.79 Å².